The Hall–Kier alpha value is -3.74. The molecule has 0 fully saturated rings. The Morgan fingerprint density at radius 2 is 1.50 bits per heavy atom. The van der Waals surface area contributed by atoms with Crippen LogP contribution in [0.5, 0.6) is 5.75 Å². The van der Waals surface area contributed by atoms with E-state index in [-0.39, 0.29) is 11.6 Å². The van der Waals surface area contributed by atoms with Crippen LogP contribution >= 0.6 is 0 Å². The molecule has 1 aromatic heterocycles. The lowest BCUT2D eigenvalue weighted by Crippen LogP contribution is -2.19. The SMILES string of the molecule is C/C=C/CCc1cnc(CCc2ccc3c(F)c(CCc4ccc(OCC(F)(F)F)cc4)ccc3c2)nc1. The topological polar surface area (TPSA) is 35.0 Å². The van der Waals surface area contributed by atoms with E-state index in [1.807, 2.05) is 49.7 Å². The van der Waals surface area contributed by atoms with Crippen molar-refractivity contribution in [2.75, 3.05) is 6.61 Å². The highest BCUT2D eigenvalue weighted by atomic mass is 19.4. The molecule has 0 atom stereocenters. The number of aromatic nitrogens is 2. The maximum absolute atomic E-state index is 15.2. The van der Waals surface area contributed by atoms with Gasteiger partial charge in [-0.2, -0.15) is 13.2 Å². The van der Waals surface area contributed by atoms with Crippen LogP contribution in [0.2, 0.25) is 0 Å². The lowest BCUT2D eigenvalue weighted by molar-refractivity contribution is -0.153. The van der Waals surface area contributed by atoms with Gasteiger partial charge in [-0.15, -0.1) is 0 Å². The van der Waals surface area contributed by atoms with Gasteiger partial charge >= 0.3 is 6.18 Å². The zero-order valence-electron chi connectivity index (χ0n) is 21.3. The van der Waals surface area contributed by atoms with Crippen LogP contribution in [0, 0.1) is 5.82 Å². The molecule has 1 heterocycles. The first kappa shape index (κ1) is 27.3. The Bertz CT molecular complexity index is 1360. The van der Waals surface area contributed by atoms with Crippen molar-refractivity contribution in [1.82, 2.24) is 9.97 Å². The number of fused-ring (bicyclic) bond motifs is 1. The van der Waals surface area contributed by atoms with E-state index in [4.69, 9.17) is 4.74 Å². The second-order valence-corrected chi connectivity index (χ2v) is 9.26. The van der Waals surface area contributed by atoms with E-state index in [0.29, 0.717) is 30.2 Å². The van der Waals surface area contributed by atoms with E-state index in [0.717, 1.165) is 47.2 Å². The molecule has 0 unspecified atom stereocenters. The summed E-state index contributed by atoms with van der Waals surface area (Å²) in [5.74, 6) is 0.708. The van der Waals surface area contributed by atoms with E-state index in [9.17, 15) is 13.2 Å². The lowest BCUT2D eigenvalue weighted by Gasteiger charge is -2.10. The molecule has 198 valence electrons. The minimum Gasteiger partial charge on any atom is -0.484 e. The smallest absolute Gasteiger partial charge is 0.422 e. The van der Waals surface area contributed by atoms with Crippen LogP contribution in [0.4, 0.5) is 17.6 Å². The van der Waals surface area contributed by atoms with E-state index in [1.165, 1.54) is 12.1 Å². The van der Waals surface area contributed by atoms with Gasteiger partial charge in [-0.05, 0) is 78.8 Å². The Morgan fingerprint density at radius 3 is 2.21 bits per heavy atom. The highest BCUT2D eigenvalue weighted by Gasteiger charge is 2.28. The van der Waals surface area contributed by atoms with Crippen LogP contribution in [0.25, 0.3) is 10.8 Å². The number of hydrogen-bond acceptors (Lipinski definition) is 3. The molecule has 0 N–H and O–H groups in total. The number of rotatable bonds is 11. The van der Waals surface area contributed by atoms with Crippen LogP contribution in [-0.4, -0.2) is 22.8 Å². The molecule has 0 aliphatic heterocycles. The maximum Gasteiger partial charge on any atom is 0.422 e. The van der Waals surface area contributed by atoms with Crippen molar-refractivity contribution in [3.8, 4) is 5.75 Å². The third-order valence-corrected chi connectivity index (χ3v) is 6.34. The number of ether oxygens (including phenoxy) is 1. The summed E-state index contributed by atoms with van der Waals surface area (Å²) < 4.78 is 56.8. The van der Waals surface area contributed by atoms with Gasteiger partial charge in [0.1, 0.15) is 17.4 Å². The maximum atomic E-state index is 15.2. The molecule has 4 rings (SSSR count). The fourth-order valence-corrected chi connectivity index (χ4v) is 4.24. The third kappa shape index (κ3) is 7.88. The number of allylic oxidation sites excluding steroid dienone is 2. The zero-order valence-corrected chi connectivity index (χ0v) is 21.3. The summed E-state index contributed by atoms with van der Waals surface area (Å²) in [4.78, 5) is 8.96. The normalized spacial score (nSPS) is 11.9. The standard InChI is InChI=1S/C31H30F4N2O/c1-2-3-4-5-24-19-36-29(37-20-24)17-10-23-9-16-28-26(18-23)13-12-25(30(28)32)11-6-22-7-14-27(15-8-22)38-21-31(33,34)35/h2-3,7-9,12-16,18-20H,4-6,10-11,17,21H2,1H3/b3-2+. The Kier molecular flexibility index (Phi) is 9.10. The van der Waals surface area contributed by atoms with Crippen molar-refractivity contribution in [3.63, 3.8) is 0 Å². The monoisotopic (exact) mass is 522 g/mol. The molecule has 7 heteroatoms. The van der Waals surface area contributed by atoms with Gasteiger partial charge in [0.05, 0.1) is 0 Å². The molecule has 0 aliphatic carbocycles. The minimum atomic E-state index is -4.38. The van der Waals surface area contributed by atoms with E-state index in [2.05, 4.69) is 16.0 Å². The molecule has 38 heavy (non-hydrogen) atoms. The van der Waals surface area contributed by atoms with Gasteiger partial charge in [0.15, 0.2) is 6.61 Å². The predicted molar refractivity (Wildman–Crippen MR) is 142 cm³/mol. The number of hydrogen-bond donors (Lipinski definition) is 0. The highest BCUT2D eigenvalue weighted by Crippen LogP contribution is 2.25. The second kappa shape index (κ2) is 12.7. The van der Waals surface area contributed by atoms with Crippen molar-refractivity contribution in [3.05, 3.63) is 113 Å². The fourth-order valence-electron chi connectivity index (χ4n) is 4.24. The summed E-state index contributed by atoms with van der Waals surface area (Å²) in [5, 5.41) is 1.42. The van der Waals surface area contributed by atoms with Gasteiger partial charge in [-0.25, -0.2) is 14.4 Å². The molecule has 0 saturated carbocycles. The summed E-state index contributed by atoms with van der Waals surface area (Å²) in [6, 6.07) is 15.9. The van der Waals surface area contributed by atoms with E-state index >= 15 is 4.39 Å². The van der Waals surface area contributed by atoms with Gasteiger partial charge in [-0.3, -0.25) is 0 Å². The lowest BCUT2D eigenvalue weighted by atomic mass is 9.98. The average molecular weight is 523 g/mol. The van der Waals surface area contributed by atoms with Gasteiger partial charge < -0.3 is 4.74 Å². The van der Waals surface area contributed by atoms with Gasteiger partial charge in [0, 0.05) is 24.2 Å². The summed E-state index contributed by atoms with van der Waals surface area (Å²) >= 11 is 0. The predicted octanol–water partition coefficient (Wildman–Crippen LogP) is 7.79. The highest BCUT2D eigenvalue weighted by molar-refractivity contribution is 5.84. The average Bonchev–Trinajstić information content (AvgIpc) is 2.91. The summed E-state index contributed by atoms with van der Waals surface area (Å²) in [6.45, 7) is 0.684. The van der Waals surface area contributed by atoms with Crippen molar-refractivity contribution in [2.45, 2.75) is 51.6 Å². The van der Waals surface area contributed by atoms with Crippen molar-refractivity contribution in [2.24, 2.45) is 0 Å². The Labute approximate surface area is 220 Å². The number of halogens is 4. The molecule has 3 aromatic carbocycles. The number of aryl methyl sites for hydroxylation is 5. The molecule has 3 nitrogen and oxygen atoms in total. The van der Waals surface area contributed by atoms with Crippen molar-refractivity contribution in [1.29, 1.82) is 0 Å². The number of nitrogens with zero attached hydrogens (tertiary/aromatic N) is 2. The Morgan fingerprint density at radius 1 is 0.789 bits per heavy atom. The van der Waals surface area contributed by atoms with E-state index < -0.39 is 12.8 Å². The molecule has 0 spiro atoms. The van der Waals surface area contributed by atoms with Crippen molar-refractivity contribution >= 4 is 10.8 Å². The third-order valence-electron chi connectivity index (χ3n) is 6.34. The van der Waals surface area contributed by atoms with Crippen LogP contribution in [0.15, 0.2) is 79.1 Å². The van der Waals surface area contributed by atoms with E-state index in [1.54, 1.807) is 18.2 Å². The van der Waals surface area contributed by atoms with Crippen LogP contribution < -0.4 is 4.74 Å². The molecule has 4 aromatic rings. The van der Waals surface area contributed by atoms with Crippen molar-refractivity contribution < 1.29 is 22.3 Å². The molecule has 0 bridgehead atoms. The first-order valence-electron chi connectivity index (χ1n) is 12.7. The molecule has 0 amide bonds. The first-order valence-corrected chi connectivity index (χ1v) is 12.7. The Balaban J connectivity index is 1.33. The van der Waals surface area contributed by atoms with Gasteiger partial charge in [-0.1, -0.05) is 54.6 Å². The van der Waals surface area contributed by atoms with Crippen LogP contribution in [0.1, 0.15) is 41.4 Å². The summed E-state index contributed by atoms with van der Waals surface area (Å²) in [6.07, 6.45) is 7.99. The second-order valence-electron chi connectivity index (χ2n) is 9.26. The zero-order chi connectivity index (χ0) is 27.0. The number of benzene rings is 3. The molecule has 0 aliphatic rings. The summed E-state index contributed by atoms with van der Waals surface area (Å²) in [7, 11) is 0. The van der Waals surface area contributed by atoms with Gasteiger partial charge in [0.2, 0.25) is 0 Å². The first-order chi connectivity index (χ1) is 18.3. The molecular formula is C31H30F4N2O. The summed E-state index contributed by atoms with van der Waals surface area (Å²) in [5.41, 5.74) is 3.71. The van der Waals surface area contributed by atoms with Crippen LogP contribution in [0.3, 0.4) is 0 Å². The molecule has 0 radical (unpaired) electrons. The van der Waals surface area contributed by atoms with Gasteiger partial charge in [0.25, 0.3) is 0 Å². The minimum absolute atomic E-state index is 0.155. The quantitative estimate of drug-likeness (QED) is 0.149. The largest absolute Gasteiger partial charge is 0.484 e. The fraction of sp³-hybridized carbons (Fsp3) is 0.290. The van der Waals surface area contributed by atoms with Crippen LogP contribution in [-0.2, 0) is 32.1 Å². The molecule has 0 saturated heterocycles. The number of alkyl halides is 3. The molecular weight excluding hydrogens is 492 g/mol.